The zero-order valence-corrected chi connectivity index (χ0v) is 12.1. The first-order valence-electron chi connectivity index (χ1n) is 6.91. The van der Waals surface area contributed by atoms with Crippen molar-refractivity contribution < 1.29 is 14.5 Å². The SMILES string of the molecule is CCC1(C(=O)Nc2ccc(OC)cc2[N+](=O)[O-])CCCN1. The Morgan fingerprint density at radius 2 is 2.33 bits per heavy atom. The van der Waals surface area contributed by atoms with Gasteiger partial charge in [-0.05, 0) is 37.9 Å². The van der Waals surface area contributed by atoms with Gasteiger partial charge in [0.05, 0.1) is 23.6 Å². The van der Waals surface area contributed by atoms with Crippen molar-refractivity contribution >= 4 is 17.3 Å². The predicted molar refractivity (Wildman–Crippen MR) is 78.5 cm³/mol. The Hall–Kier alpha value is -2.15. The number of rotatable bonds is 5. The van der Waals surface area contributed by atoms with Crippen LogP contribution < -0.4 is 15.4 Å². The lowest BCUT2D eigenvalue weighted by Crippen LogP contribution is -2.50. The number of nitrogens with one attached hydrogen (secondary N) is 2. The smallest absolute Gasteiger partial charge is 0.296 e. The third-order valence-electron chi connectivity index (χ3n) is 3.93. The van der Waals surface area contributed by atoms with E-state index in [1.54, 1.807) is 6.07 Å². The Kier molecular flexibility index (Phi) is 4.42. The minimum Gasteiger partial charge on any atom is -0.496 e. The summed E-state index contributed by atoms with van der Waals surface area (Å²) >= 11 is 0. The molecule has 1 fully saturated rings. The van der Waals surface area contributed by atoms with E-state index < -0.39 is 10.5 Å². The summed E-state index contributed by atoms with van der Waals surface area (Å²) in [5.41, 5.74) is -0.618. The topological polar surface area (TPSA) is 93.5 Å². The van der Waals surface area contributed by atoms with Gasteiger partial charge in [0.15, 0.2) is 0 Å². The van der Waals surface area contributed by atoms with Crippen molar-refractivity contribution in [1.82, 2.24) is 5.32 Å². The number of benzene rings is 1. The minimum absolute atomic E-state index is 0.174. The van der Waals surface area contributed by atoms with Gasteiger partial charge in [-0.25, -0.2) is 0 Å². The third kappa shape index (κ3) is 2.97. The van der Waals surface area contributed by atoms with E-state index in [1.165, 1.54) is 19.2 Å². The first-order chi connectivity index (χ1) is 10.0. The van der Waals surface area contributed by atoms with Crippen molar-refractivity contribution in [3.63, 3.8) is 0 Å². The monoisotopic (exact) mass is 293 g/mol. The number of ether oxygens (including phenoxy) is 1. The number of nitro benzene ring substituents is 1. The molecule has 1 aliphatic rings. The summed E-state index contributed by atoms with van der Waals surface area (Å²) < 4.78 is 4.98. The van der Waals surface area contributed by atoms with Crippen LogP contribution in [-0.2, 0) is 4.79 Å². The van der Waals surface area contributed by atoms with Crippen molar-refractivity contribution in [2.24, 2.45) is 0 Å². The Balaban J connectivity index is 2.26. The molecule has 7 heteroatoms. The molecule has 1 heterocycles. The standard InChI is InChI=1S/C14H19N3O4/c1-3-14(7-4-8-15-14)13(18)16-11-6-5-10(21-2)9-12(11)17(19)20/h5-6,9,15H,3-4,7-8H2,1-2H3,(H,16,18). The predicted octanol–water partition coefficient (Wildman–Crippen LogP) is 2.07. The van der Waals surface area contributed by atoms with E-state index in [0.717, 1.165) is 19.4 Å². The highest BCUT2D eigenvalue weighted by molar-refractivity contribution is 6.00. The van der Waals surface area contributed by atoms with Crippen LogP contribution in [0.25, 0.3) is 0 Å². The van der Waals surface area contributed by atoms with Crippen molar-refractivity contribution in [3.8, 4) is 5.75 Å². The van der Waals surface area contributed by atoms with Crippen molar-refractivity contribution in [2.75, 3.05) is 19.0 Å². The van der Waals surface area contributed by atoms with Crippen LogP contribution in [0.15, 0.2) is 18.2 Å². The van der Waals surface area contributed by atoms with Crippen molar-refractivity contribution in [1.29, 1.82) is 0 Å². The van der Waals surface area contributed by atoms with E-state index in [0.29, 0.717) is 12.2 Å². The number of hydrogen-bond acceptors (Lipinski definition) is 5. The Morgan fingerprint density at radius 3 is 2.86 bits per heavy atom. The van der Waals surface area contributed by atoms with Gasteiger partial charge in [0.2, 0.25) is 5.91 Å². The second-order valence-corrected chi connectivity index (χ2v) is 5.06. The number of hydrogen-bond donors (Lipinski definition) is 2. The van der Waals surface area contributed by atoms with Crippen LogP contribution in [0.1, 0.15) is 26.2 Å². The normalized spacial score (nSPS) is 21.0. The number of methoxy groups -OCH3 is 1. The largest absolute Gasteiger partial charge is 0.496 e. The fraction of sp³-hybridized carbons (Fsp3) is 0.500. The summed E-state index contributed by atoms with van der Waals surface area (Å²) in [7, 11) is 1.44. The van der Waals surface area contributed by atoms with Gasteiger partial charge in [0, 0.05) is 0 Å². The van der Waals surface area contributed by atoms with Gasteiger partial charge in [-0.15, -0.1) is 0 Å². The van der Waals surface area contributed by atoms with E-state index >= 15 is 0 Å². The number of nitrogens with zero attached hydrogens (tertiary/aromatic N) is 1. The second-order valence-electron chi connectivity index (χ2n) is 5.06. The molecule has 2 rings (SSSR count). The Labute approximate surface area is 122 Å². The summed E-state index contributed by atoms with van der Waals surface area (Å²) in [6.45, 7) is 2.71. The second kappa shape index (κ2) is 6.09. The molecule has 0 aromatic heterocycles. The molecule has 1 aromatic rings. The molecular weight excluding hydrogens is 274 g/mol. The lowest BCUT2D eigenvalue weighted by Gasteiger charge is -2.26. The number of anilines is 1. The molecule has 1 atom stereocenters. The molecule has 0 aliphatic carbocycles. The van der Waals surface area contributed by atoms with Gasteiger partial charge in [-0.2, -0.15) is 0 Å². The Bertz CT molecular complexity index is 553. The zero-order valence-electron chi connectivity index (χ0n) is 12.1. The van der Waals surface area contributed by atoms with Gasteiger partial charge in [-0.3, -0.25) is 14.9 Å². The van der Waals surface area contributed by atoms with Crippen LogP contribution in [0.3, 0.4) is 0 Å². The first kappa shape index (κ1) is 15.2. The van der Waals surface area contributed by atoms with Crippen LogP contribution in [0.2, 0.25) is 0 Å². The van der Waals surface area contributed by atoms with Crippen LogP contribution in [-0.4, -0.2) is 30.0 Å². The summed E-state index contributed by atoms with van der Waals surface area (Å²) in [6, 6.07) is 4.38. The summed E-state index contributed by atoms with van der Waals surface area (Å²) in [6.07, 6.45) is 2.30. The number of carbonyl (C=O) groups excluding carboxylic acids is 1. The van der Waals surface area contributed by atoms with Gasteiger partial charge in [0.25, 0.3) is 5.69 Å². The Morgan fingerprint density at radius 1 is 1.57 bits per heavy atom. The molecule has 0 saturated carbocycles. The fourth-order valence-corrected chi connectivity index (χ4v) is 2.60. The lowest BCUT2D eigenvalue weighted by atomic mass is 9.93. The maximum absolute atomic E-state index is 12.5. The van der Waals surface area contributed by atoms with Crippen LogP contribution in [0.5, 0.6) is 5.75 Å². The quantitative estimate of drug-likeness (QED) is 0.640. The third-order valence-corrected chi connectivity index (χ3v) is 3.93. The maximum Gasteiger partial charge on any atom is 0.296 e. The fourth-order valence-electron chi connectivity index (χ4n) is 2.60. The zero-order chi connectivity index (χ0) is 15.5. The molecule has 0 radical (unpaired) electrons. The molecule has 0 spiro atoms. The van der Waals surface area contributed by atoms with E-state index in [1.807, 2.05) is 6.92 Å². The average molecular weight is 293 g/mol. The van der Waals surface area contributed by atoms with Crippen LogP contribution in [0.4, 0.5) is 11.4 Å². The first-order valence-corrected chi connectivity index (χ1v) is 6.91. The summed E-state index contributed by atoms with van der Waals surface area (Å²) in [4.78, 5) is 23.1. The van der Waals surface area contributed by atoms with Crippen molar-refractivity contribution in [2.45, 2.75) is 31.7 Å². The maximum atomic E-state index is 12.5. The average Bonchev–Trinajstić information content (AvgIpc) is 2.97. The molecule has 114 valence electrons. The number of amides is 1. The molecule has 1 aromatic carbocycles. The molecule has 0 bridgehead atoms. The number of carbonyl (C=O) groups is 1. The molecule has 1 saturated heterocycles. The molecule has 1 unspecified atom stereocenters. The van der Waals surface area contributed by atoms with Crippen LogP contribution in [0, 0.1) is 10.1 Å². The highest BCUT2D eigenvalue weighted by Gasteiger charge is 2.39. The van der Waals surface area contributed by atoms with E-state index in [4.69, 9.17) is 4.74 Å². The van der Waals surface area contributed by atoms with Crippen molar-refractivity contribution in [3.05, 3.63) is 28.3 Å². The minimum atomic E-state index is -0.631. The molecule has 2 N–H and O–H groups in total. The summed E-state index contributed by atoms with van der Waals surface area (Å²) in [5, 5.41) is 17.0. The van der Waals surface area contributed by atoms with Crippen LogP contribution >= 0.6 is 0 Å². The lowest BCUT2D eigenvalue weighted by molar-refractivity contribution is -0.384. The molecular formula is C14H19N3O4. The van der Waals surface area contributed by atoms with Gasteiger partial charge in [0.1, 0.15) is 11.4 Å². The van der Waals surface area contributed by atoms with Gasteiger partial charge >= 0.3 is 0 Å². The summed E-state index contributed by atoms with van der Waals surface area (Å²) in [5.74, 6) is 0.152. The molecule has 7 nitrogen and oxygen atoms in total. The van der Waals surface area contributed by atoms with E-state index in [9.17, 15) is 14.9 Å². The van der Waals surface area contributed by atoms with Gasteiger partial charge < -0.3 is 15.4 Å². The molecule has 21 heavy (non-hydrogen) atoms. The highest BCUT2D eigenvalue weighted by Crippen LogP contribution is 2.31. The molecule has 1 amide bonds. The number of nitro groups is 1. The molecule has 1 aliphatic heterocycles. The van der Waals surface area contributed by atoms with E-state index in [2.05, 4.69) is 10.6 Å². The highest BCUT2D eigenvalue weighted by atomic mass is 16.6. The van der Waals surface area contributed by atoms with Gasteiger partial charge in [-0.1, -0.05) is 6.92 Å². The van der Waals surface area contributed by atoms with E-state index in [-0.39, 0.29) is 17.3 Å².